The molecule has 0 aliphatic carbocycles. The molecule has 4 rings (SSSR count). The second-order valence-electron chi connectivity index (χ2n) is 6.81. The first-order chi connectivity index (χ1) is 16.6. The zero-order valence-corrected chi connectivity index (χ0v) is 20.2. The van der Waals surface area contributed by atoms with Gasteiger partial charge in [0.25, 0.3) is 0 Å². The quantitative estimate of drug-likeness (QED) is 0.317. The molecule has 0 saturated heterocycles. The summed E-state index contributed by atoms with van der Waals surface area (Å²) in [6.45, 7) is 4.28. The first-order valence-electron chi connectivity index (χ1n) is 10.6. The predicted octanol–water partition coefficient (Wildman–Crippen LogP) is 4.38. The molecule has 10 heteroatoms. The summed E-state index contributed by atoms with van der Waals surface area (Å²) in [5, 5.41) is 8.62. The van der Waals surface area contributed by atoms with Crippen molar-refractivity contribution < 1.29 is 9.47 Å². The largest absolute Gasteiger partial charge is 0.487 e. The average Bonchev–Trinajstić information content (AvgIpc) is 2.87. The third kappa shape index (κ3) is 5.02. The van der Waals surface area contributed by atoms with E-state index in [2.05, 4.69) is 10.2 Å². The smallest absolute Gasteiger partial charge is 0.315 e. The molecule has 0 N–H and O–H groups in total. The van der Waals surface area contributed by atoms with E-state index in [0.717, 1.165) is 0 Å². The van der Waals surface area contributed by atoms with Crippen LogP contribution in [0.15, 0.2) is 92.4 Å². The Morgan fingerprint density at radius 2 is 1.06 bits per heavy atom. The van der Waals surface area contributed by atoms with Crippen molar-refractivity contribution in [2.24, 2.45) is 0 Å². The van der Waals surface area contributed by atoms with E-state index in [-0.39, 0.29) is 22.6 Å². The number of aromatic nitrogens is 4. The van der Waals surface area contributed by atoms with Gasteiger partial charge in [-0.15, -0.1) is 0 Å². The molecule has 0 aliphatic heterocycles. The SMILES string of the molecule is CCOc1c(SSc2cnn(-c3ccccc3)c(=O)c2OCC)cnn(-c2ccccc2)c1=O. The van der Waals surface area contributed by atoms with Crippen LogP contribution in [0.25, 0.3) is 11.4 Å². The monoisotopic (exact) mass is 494 g/mol. The lowest BCUT2D eigenvalue weighted by molar-refractivity contribution is 0.323. The van der Waals surface area contributed by atoms with Gasteiger partial charge in [-0.25, -0.2) is 0 Å². The van der Waals surface area contributed by atoms with Crippen molar-refractivity contribution in [3.8, 4) is 22.9 Å². The van der Waals surface area contributed by atoms with Crippen molar-refractivity contribution >= 4 is 21.6 Å². The van der Waals surface area contributed by atoms with E-state index in [4.69, 9.17) is 9.47 Å². The van der Waals surface area contributed by atoms with E-state index >= 15 is 0 Å². The molecule has 4 aromatic rings. The number of para-hydroxylation sites is 2. The molecule has 8 nitrogen and oxygen atoms in total. The molecule has 0 unspecified atom stereocenters. The van der Waals surface area contributed by atoms with Crippen molar-refractivity contribution in [2.45, 2.75) is 23.6 Å². The maximum atomic E-state index is 13.1. The molecule has 0 radical (unpaired) electrons. The van der Waals surface area contributed by atoms with Gasteiger partial charge in [0.1, 0.15) is 0 Å². The van der Waals surface area contributed by atoms with Gasteiger partial charge in [-0.2, -0.15) is 19.6 Å². The Balaban J connectivity index is 1.67. The van der Waals surface area contributed by atoms with Gasteiger partial charge in [0.2, 0.25) is 11.5 Å². The zero-order valence-electron chi connectivity index (χ0n) is 18.6. The Hall–Kier alpha value is -3.50. The third-order valence-electron chi connectivity index (χ3n) is 4.60. The summed E-state index contributed by atoms with van der Waals surface area (Å²) in [5.41, 5.74) is 0.567. The summed E-state index contributed by atoms with van der Waals surface area (Å²) < 4.78 is 14.0. The van der Waals surface area contributed by atoms with Crippen LogP contribution in [0.1, 0.15) is 13.8 Å². The summed E-state index contributed by atoms with van der Waals surface area (Å²) in [5.74, 6) is 0.393. The van der Waals surface area contributed by atoms with Crippen molar-refractivity contribution in [2.75, 3.05) is 13.2 Å². The van der Waals surface area contributed by atoms with E-state index in [9.17, 15) is 9.59 Å². The lowest BCUT2D eigenvalue weighted by atomic mass is 10.3. The number of nitrogens with zero attached hydrogens (tertiary/aromatic N) is 4. The van der Waals surface area contributed by atoms with Crippen LogP contribution in [-0.4, -0.2) is 32.8 Å². The summed E-state index contributed by atoms with van der Waals surface area (Å²) >= 11 is 0. The second-order valence-corrected chi connectivity index (χ2v) is 9.03. The molecule has 2 aromatic carbocycles. The Bertz CT molecular complexity index is 1270. The molecule has 0 saturated carbocycles. The summed E-state index contributed by atoms with van der Waals surface area (Å²) in [7, 11) is 2.51. The first-order valence-corrected chi connectivity index (χ1v) is 12.7. The van der Waals surface area contributed by atoms with E-state index < -0.39 is 0 Å². The van der Waals surface area contributed by atoms with Crippen molar-refractivity contribution in [1.82, 2.24) is 19.6 Å². The Morgan fingerprint density at radius 1 is 0.676 bits per heavy atom. The number of hydrogen-bond acceptors (Lipinski definition) is 8. The lowest BCUT2D eigenvalue weighted by Gasteiger charge is -2.13. The fraction of sp³-hybridized carbons (Fsp3) is 0.167. The van der Waals surface area contributed by atoms with Crippen molar-refractivity contribution in [3.05, 3.63) is 93.8 Å². The Kier molecular flexibility index (Phi) is 7.71. The van der Waals surface area contributed by atoms with Crippen molar-refractivity contribution in [3.63, 3.8) is 0 Å². The molecule has 0 aliphatic rings. The van der Waals surface area contributed by atoms with Crippen LogP contribution in [0, 0.1) is 0 Å². The van der Waals surface area contributed by atoms with Gasteiger partial charge >= 0.3 is 11.1 Å². The van der Waals surface area contributed by atoms with Gasteiger partial charge in [0, 0.05) is 0 Å². The van der Waals surface area contributed by atoms with Crippen LogP contribution < -0.4 is 20.6 Å². The molecular weight excluding hydrogens is 472 g/mol. The van der Waals surface area contributed by atoms with Crippen LogP contribution >= 0.6 is 21.6 Å². The zero-order chi connectivity index (χ0) is 23.9. The van der Waals surface area contributed by atoms with Crippen LogP contribution in [0.3, 0.4) is 0 Å². The first kappa shape index (κ1) is 23.7. The van der Waals surface area contributed by atoms with Gasteiger partial charge in [0.15, 0.2) is 0 Å². The van der Waals surface area contributed by atoms with Crippen LogP contribution in [0.5, 0.6) is 11.5 Å². The van der Waals surface area contributed by atoms with Crippen molar-refractivity contribution in [1.29, 1.82) is 0 Å². The molecule has 0 bridgehead atoms. The van der Waals surface area contributed by atoms with E-state index in [1.165, 1.54) is 31.0 Å². The number of ether oxygens (including phenoxy) is 2. The summed E-state index contributed by atoms with van der Waals surface area (Å²) in [6.07, 6.45) is 3.16. The second kappa shape index (κ2) is 11.1. The minimum absolute atomic E-state index is 0.197. The lowest BCUT2D eigenvalue weighted by Crippen LogP contribution is -2.23. The van der Waals surface area contributed by atoms with Gasteiger partial charge in [-0.05, 0) is 59.7 Å². The molecule has 0 atom stereocenters. The summed E-state index contributed by atoms with van der Waals surface area (Å²) in [4.78, 5) is 27.2. The highest BCUT2D eigenvalue weighted by atomic mass is 33.1. The number of benzene rings is 2. The number of hydrogen-bond donors (Lipinski definition) is 0. The van der Waals surface area contributed by atoms with Crippen LogP contribution in [0.2, 0.25) is 0 Å². The van der Waals surface area contributed by atoms with E-state index in [1.807, 2.05) is 50.2 Å². The maximum Gasteiger partial charge on any atom is 0.315 e. The predicted molar refractivity (Wildman–Crippen MR) is 134 cm³/mol. The average molecular weight is 495 g/mol. The molecule has 34 heavy (non-hydrogen) atoms. The van der Waals surface area contributed by atoms with Crippen LogP contribution in [-0.2, 0) is 0 Å². The highest BCUT2D eigenvalue weighted by Crippen LogP contribution is 2.42. The molecule has 174 valence electrons. The molecule has 0 amide bonds. The number of rotatable bonds is 9. The van der Waals surface area contributed by atoms with Gasteiger partial charge < -0.3 is 9.47 Å². The topological polar surface area (TPSA) is 88.2 Å². The highest BCUT2D eigenvalue weighted by Gasteiger charge is 2.19. The molecule has 0 spiro atoms. The molecule has 2 aromatic heterocycles. The Morgan fingerprint density at radius 3 is 1.41 bits per heavy atom. The third-order valence-corrected chi connectivity index (χ3v) is 6.95. The molecule has 2 heterocycles. The standard InChI is InChI=1S/C24H22N4O4S2/c1-3-31-21-19(15-25-27(23(21)29)17-11-7-5-8-12-17)33-34-20-16-26-28(18-13-9-6-10-14-18)24(30)22(20)32-4-2/h5-16H,3-4H2,1-2H3. The van der Waals surface area contributed by atoms with Gasteiger partial charge in [-0.1, -0.05) is 36.4 Å². The Labute approximate surface area is 203 Å². The van der Waals surface area contributed by atoms with Gasteiger partial charge in [0.05, 0.1) is 46.8 Å². The van der Waals surface area contributed by atoms with Gasteiger partial charge in [-0.3, -0.25) is 9.59 Å². The van der Waals surface area contributed by atoms with E-state index in [0.29, 0.717) is 34.4 Å². The minimum atomic E-state index is -0.360. The fourth-order valence-corrected chi connectivity index (χ4v) is 5.17. The molecular formula is C24H22N4O4S2. The fourth-order valence-electron chi connectivity index (χ4n) is 3.11. The normalized spacial score (nSPS) is 10.8. The highest BCUT2D eigenvalue weighted by molar-refractivity contribution is 8.76. The molecule has 0 fully saturated rings. The minimum Gasteiger partial charge on any atom is -0.487 e. The summed E-state index contributed by atoms with van der Waals surface area (Å²) in [6, 6.07) is 18.3. The van der Waals surface area contributed by atoms with E-state index in [1.54, 1.807) is 36.7 Å². The van der Waals surface area contributed by atoms with Crippen LogP contribution in [0.4, 0.5) is 0 Å². The maximum absolute atomic E-state index is 13.1.